The highest BCUT2D eigenvalue weighted by molar-refractivity contribution is 14.0. The topological polar surface area (TPSA) is 65.9 Å². The number of nitrogens with one attached hydrogen (secondary N) is 2. The van der Waals surface area contributed by atoms with E-state index < -0.39 is 0 Å². The summed E-state index contributed by atoms with van der Waals surface area (Å²) < 4.78 is 5.28. The molecule has 1 atom stereocenters. The summed E-state index contributed by atoms with van der Waals surface area (Å²) in [5, 5.41) is 15.4. The molecule has 0 heterocycles. The SMILES string of the molecule is CCNC(=NCC(C)CO)NCCCCOCC.I. The maximum absolute atomic E-state index is 8.95. The fraction of sp³-hybridized carbons (Fsp3) is 0.923. The molecule has 0 saturated carbocycles. The molecule has 0 amide bonds. The first-order valence-corrected chi connectivity index (χ1v) is 6.95. The maximum atomic E-state index is 8.95. The molecule has 0 aliphatic carbocycles. The summed E-state index contributed by atoms with van der Waals surface area (Å²) in [4.78, 5) is 4.42. The standard InChI is InChI=1S/C13H29N3O2.HI/c1-4-14-13(16-10-12(3)11-17)15-8-6-7-9-18-5-2;/h12,17H,4-11H2,1-3H3,(H2,14,15,16);1H. The zero-order valence-electron chi connectivity index (χ0n) is 12.4. The van der Waals surface area contributed by atoms with Crippen molar-refractivity contribution in [3.63, 3.8) is 0 Å². The van der Waals surface area contributed by atoms with Crippen LogP contribution in [0.4, 0.5) is 0 Å². The van der Waals surface area contributed by atoms with E-state index >= 15 is 0 Å². The van der Waals surface area contributed by atoms with Gasteiger partial charge in [0.05, 0.1) is 0 Å². The summed E-state index contributed by atoms with van der Waals surface area (Å²) in [5.74, 6) is 1.03. The molecule has 0 spiro atoms. The van der Waals surface area contributed by atoms with Gasteiger partial charge in [-0.15, -0.1) is 24.0 Å². The van der Waals surface area contributed by atoms with E-state index in [1.807, 2.05) is 20.8 Å². The summed E-state index contributed by atoms with van der Waals surface area (Å²) in [6.45, 7) is 10.2. The Kier molecular flexibility index (Phi) is 17.8. The van der Waals surface area contributed by atoms with Gasteiger partial charge < -0.3 is 20.5 Å². The second kappa shape index (κ2) is 16.0. The minimum Gasteiger partial charge on any atom is -0.396 e. The van der Waals surface area contributed by atoms with Crippen molar-refractivity contribution in [3.05, 3.63) is 0 Å². The van der Waals surface area contributed by atoms with Crippen LogP contribution in [-0.4, -0.2) is 50.5 Å². The zero-order chi connectivity index (χ0) is 13.6. The van der Waals surface area contributed by atoms with Crippen LogP contribution >= 0.6 is 24.0 Å². The number of halogens is 1. The van der Waals surface area contributed by atoms with Gasteiger partial charge in [0.25, 0.3) is 0 Å². The normalized spacial score (nSPS) is 12.7. The summed E-state index contributed by atoms with van der Waals surface area (Å²) in [7, 11) is 0. The molecule has 116 valence electrons. The largest absolute Gasteiger partial charge is 0.396 e. The number of guanidine groups is 1. The molecular weight excluding hydrogens is 357 g/mol. The van der Waals surface area contributed by atoms with Gasteiger partial charge in [0.2, 0.25) is 0 Å². The molecule has 0 aliphatic rings. The van der Waals surface area contributed by atoms with Gasteiger partial charge in [0.1, 0.15) is 0 Å². The number of unbranched alkanes of at least 4 members (excludes halogenated alkanes) is 1. The Morgan fingerprint density at radius 3 is 2.58 bits per heavy atom. The number of aliphatic imine (C=N–C) groups is 1. The fourth-order valence-corrected chi connectivity index (χ4v) is 1.33. The van der Waals surface area contributed by atoms with E-state index in [9.17, 15) is 0 Å². The van der Waals surface area contributed by atoms with Crippen LogP contribution in [0.25, 0.3) is 0 Å². The molecule has 5 nitrogen and oxygen atoms in total. The van der Waals surface area contributed by atoms with Gasteiger partial charge in [-0.3, -0.25) is 4.99 Å². The molecule has 0 aromatic rings. The van der Waals surface area contributed by atoms with Crippen LogP contribution in [-0.2, 0) is 4.74 Å². The number of hydrogen-bond acceptors (Lipinski definition) is 3. The third-order valence-corrected chi connectivity index (χ3v) is 2.43. The van der Waals surface area contributed by atoms with Crippen molar-refractivity contribution < 1.29 is 9.84 Å². The van der Waals surface area contributed by atoms with Crippen molar-refractivity contribution in [2.45, 2.75) is 33.6 Å². The first-order valence-electron chi connectivity index (χ1n) is 6.95. The van der Waals surface area contributed by atoms with Gasteiger partial charge in [-0.2, -0.15) is 0 Å². The van der Waals surface area contributed by atoms with Crippen LogP contribution in [0.3, 0.4) is 0 Å². The molecule has 0 aliphatic heterocycles. The van der Waals surface area contributed by atoms with Crippen LogP contribution in [0, 0.1) is 5.92 Å². The Hall–Kier alpha value is -0.0800. The average Bonchev–Trinajstić information content (AvgIpc) is 2.39. The predicted octanol–water partition coefficient (Wildman–Crippen LogP) is 1.60. The van der Waals surface area contributed by atoms with E-state index in [4.69, 9.17) is 9.84 Å². The quantitative estimate of drug-likeness (QED) is 0.231. The van der Waals surface area contributed by atoms with Crippen molar-refractivity contribution in [2.75, 3.05) is 39.5 Å². The van der Waals surface area contributed by atoms with Gasteiger partial charge >= 0.3 is 0 Å². The highest BCUT2D eigenvalue weighted by Gasteiger charge is 2.00. The number of aliphatic hydroxyl groups is 1. The lowest BCUT2D eigenvalue weighted by atomic mass is 10.2. The highest BCUT2D eigenvalue weighted by Crippen LogP contribution is 1.93. The lowest BCUT2D eigenvalue weighted by Crippen LogP contribution is -2.38. The molecule has 0 radical (unpaired) electrons. The first-order chi connectivity index (χ1) is 8.74. The predicted molar refractivity (Wildman–Crippen MR) is 91.4 cm³/mol. The second-order valence-electron chi connectivity index (χ2n) is 4.34. The van der Waals surface area contributed by atoms with Gasteiger partial charge in [-0.25, -0.2) is 0 Å². The molecule has 1 unspecified atom stereocenters. The number of rotatable bonds is 10. The van der Waals surface area contributed by atoms with E-state index in [1.165, 1.54) is 0 Å². The lowest BCUT2D eigenvalue weighted by Gasteiger charge is -2.12. The van der Waals surface area contributed by atoms with Crippen LogP contribution in [0.2, 0.25) is 0 Å². The lowest BCUT2D eigenvalue weighted by molar-refractivity contribution is 0.143. The third kappa shape index (κ3) is 14.1. The van der Waals surface area contributed by atoms with Gasteiger partial charge in [0.15, 0.2) is 5.96 Å². The Labute approximate surface area is 134 Å². The molecule has 0 rings (SSSR count). The first kappa shape index (κ1) is 21.2. The number of ether oxygens (including phenoxy) is 1. The Balaban J connectivity index is 0. The van der Waals surface area contributed by atoms with Gasteiger partial charge in [0, 0.05) is 39.5 Å². The third-order valence-electron chi connectivity index (χ3n) is 2.43. The smallest absolute Gasteiger partial charge is 0.191 e. The van der Waals surface area contributed by atoms with E-state index in [-0.39, 0.29) is 36.5 Å². The Bertz CT molecular complexity index is 216. The van der Waals surface area contributed by atoms with E-state index in [0.717, 1.165) is 45.1 Å². The Morgan fingerprint density at radius 2 is 2.00 bits per heavy atom. The molecule has 6 heteroatoms. The van der Waals surface area contributed by atoms with E-state index in [0.29, 0.717) is 6.54 Å². The zero-order valence-corrected chi connectivity index (χ0v) is 14.8. The van der Waals surface area contributed by atoms with Crippen molar-refractivity contribution in [3.8, 4) is 0 Å². The van der Waals surface area contributed by atoms with Crippen LogP contribution in [0.15, 0.2) is 4.99 Å². The Morgan fingerprint density at radius 1 is 1.26 bits per heavy atom. The minimum absolute atomic E-state index is 0. The van der Waals surface area contributed by atoms with Crippen LogP contribution in [0.5, 0.6) is 0 Å². The van der Waals surface area contributed by atoms with E-state index in [1.54, 1.807) is 0 Å². The van der Waals surface area contributed by atoms with Crippen LogP contribution < -0.4 is 10.6 Å². The molecule has 0 bridgehead atoms. The summed E-state index contributed by atoms with van der Waals surface area (Å²) in [5.41, 5.74) is 0. The van der Waals surface area contributed by atoms with Crippen molar-refractivity contribution in [1.29, 1.82) is 0 Å². The number of nitrogens with zero attached hydrogens (tertiary/aromatic N) is 1. The summed E-state index contributed by atoms with van der Waals surface area (Å²) >= 11 is 0. The number of hydrogen-bond donors (Lipinski definition) is 3. The molecule has 0 fully saturated rings. The summed E-state index contributed by atoms with van der Waals surface area (Å²) in [6.07, 6.45) is 2.13. The monoisotopic (exact) mass is 387 g/mol. The van der Waals surface area contributed by atoms with Crippen LogP contribution in [0.1, 0.15) is 33.6 Å². The molecule has 0 saturated heterocycles. The number of aliphatic hydroxyl groups excluding tert-OH is 1. The fourth-order valence-electron chi connectivity index (χ4n) is 1.33. The second-order valence-corrected chi connectivity index (χ2v) is 4.34. The van der Waals surface area contributed by atoms with Crippen molar-refractivity contribution in [2.24, 2.45) is 10.9 Å². The van der Waals surface area contributed by atoms with Crippen molar-refractivity contribution in [1.82, 2.24) is 10.6 Å². The molecule has 3 N–H and O–H groups in total. The van der Waals surface area contributed by atoms with Gasteiger partial charge in [-0.1, -0.05) is 6.92 Å². The molecule has 0 aromatic carbocycles. The van der Waals surface area contributed by atoms with E-state index in [2.05, 4.69) is 15.6 Å². The molecule has 0 aromatic heterocycles. The highest BCUT2D eigenvalue weighted by atomic mass is 127. The molecule has 19 heavy (non-hydrogen) atoms. The summed E-state index contributed by atoms with van der Waals surface area (Å²) in [6, 6.07) is 0. The average molecular weight is 387 g/mol. The maximum Gasteiger partial charge on any atom is 0.191 e. The van der Waals surface area contributed by atoms with Gasteiger partial charge in [-0.05, 0) is 32.6 Å². The minimum atomic E-state index is 0. The van der Waals surface area contributed by atoms with Crippen molar-refractivity contribution >= 4 is 29.9 Å². The molecular formula is C13H30IN3O2.